The van der Waals surface area contributed by atoms with Gasteiger partial charge in [-0.15, -0.1) is 17.9 Å². The van der Waals surface area contributed by atoms with Crippen molar-refractivity contribution in [2.45, 2.75) is 50.0 Å². The highest BCUT2D eigenvalue weighted by Gasteiger charge is 2.50. The Balaban J connectivity index is 1.55. The molecule has 2 aromatic heterocycles. The van der Waals surface area contributed by atoms with Crippen molar-refractivity contribution in [2.24, 2.45) is 0 Å². The van der Waals surface area contributed by atoms with Crippen LogP contribution in [0.1, 0.15) is 53.8 Å². The Labute approximate surface area is 203 Å². The molecule has 6 N–H and O–H groups in total. The van der Waals surface area contributed by atoms with Gasteiger partial charge in [0.15, 0.2) is 0 Å². The molecular weight excluding hydrogens is 446 g/mol. The fourth-order valence-electron chi connectivity index (χ4n) is 5.79. The number of nitriles is 1. The van der Waals surface area contributed by atoms with Gasteiger partial charge < -0.3 is 21.1 Å². The first kappa shape index (κ1) is 22.6. The molecule has 8 nitrogen and oxygen atoms in total. The molecule has 1 aliphatic heterocycles. The molecule has 0 aromatic carbocycles. The quantitative estimate of drug-likeness (QED) is 0.352. The number of piperazine rings is 1. The van der Waals surface area contributed by atoms with E-state index in [4.69, 9.17) is 16.1 Å². The first-order valence-electron chi connectivity index (χ1n) is 11.8. The van der Waals surface area contributed by atoms with Gasteiger partial charge in [0, 0.05) is 36.3 Å². The molecular formula is C25H30N7OS+. The maximum absolute atomic E-state index is 9.84. The third-order valence-corrected chi connectivity index (χ3v) is 8.51. The van der Waals surface area contributed by atoms with E-state index >= 15 is 0 Å². The number of nitrogens with one attached hydrogen (secondary N) is 2. The van der Waals surface area contributed by atoms with Crippen molar-refractivity contribution < 1.29 is 5.11 Å². The van der Waals surface area contributed by atoms with Crippen LogP contribution in [0, 0.1) is 16.7 Å². The summed E-state index contributed by atoms with van der Waals surface area (Å²) in [6, 6.07) is 4.16. The molecule has 1 spiro atoms. The third kappa shape index (κ3) is 3.49. The first-order valence-corrected chi connectivity index (χ1v) is 12.6. The van der Waals surface area contributed by atoms with Crippen LogP contribution >= 0.6 is 11.3 Å². The van der Waals surface area contributed by atoms with Crippen LogP contribution in [0.4, 0.5) is 10.9 Å². The summed E-state index contributed by atoms with van der Waals surface area (Å²) < 4.78 is 0. The van der Waals surface area contributed by atoms with Crippen LogP contribution in [-0.2, 0) is 11.8 Å². The monoisotopic (exact) mass is 476 g/mol. The number of rotatable bonds is 4. The summed E-state index contributed by atoms with van der Waals surface area (Å²) in [4.78, 5) is 12.5. The van der Waals surface area contributed by atoms with E-state index < -0.39 is 5.41 Å². The van der Waals surface area contributed by atoms with E-state index in [1.54, 1.807) is 12.3 Å². The highest BCUT2D eigenvalue weighted by atomic mass is 32.1. The topological polar surface area (TPSA) is 138 Å². The van der Waals surface area contributed by atoms with Gasteiger partial charge >= 0.3 is 0 Å². The molecule has 2 atom stereocenters. The Morgan fingerprint density at radius 1 is 1.41 bits per heavy atom. The minimum absolute atomic E-state index is 0.0937. The number of nitrogens with two attached hydrogens (primary N) is 1. The van der Waals surface area contributed by atoms with Crippen LogP contribution in [0.15, 0.2) is 36.3 Å². The second kappa shape index (κ2) is 8.85. The minimum Gasteiger partial charge on any atom is -0.596 e. The van der Waals surface area contributed by atoms with Crippen molar-refractivity contribution in [3.8, 4) is 6.07 Å². The number of nitrogens with zero attached hydrogens (tertiary/aromatic N) is 4. The summed E-state index contributed by atoms with van der Waals surface area (Å²) in [5, 5.41) is 32.1. The Kier molecular flexibility index (Phi) is 5.88. The normalized spacial score (nSPS) is 24.6. The standard InChI is InChI=1S/C25H29N7OS/c1-2-15-14-29-11-12-32(15)24-30-10-7-18(31-24)21(27)16-5-3-8-25(22(16)33)9-4-6-19-20(25)17(13-26)23(28)34-19/h2,7,10,15,27,29,33H,1,3-6,8-9,11-12,14,28H2/p+1/t15-,25-/m0/s1. The summed E-state index contributed by atoms with van der Waals surface area (Å²) in [5.41, 5.74) is 8.70. The Bertz CT molecular complexity index is 1230. The Morgan fingerprint density at radius 3 is 2.97 bits per heavy atom. The lowest BCUT2D eigenvalue weighted by atomic mass is 9.63. The van der Waals surface area contributed by atoms with Crippen LogP contribution in [0.3, 0.4) is 0 Å². The van der Waals surface area contributed by atoms with E-state index in [1.165, 1.54) is 11.3 Å². The summed E-state index contributed by atoms with van der Waals surface area (Å²) in [6.07, 6.45) is 8.62. The van der Waals surface area contributed by atoms with Gasteiger partial charge in [0.05, 0.1) is 28.6 Å². The van der Waals surface area contributed by atoms with Crippen molar-refractivity contribution in [1.82, 2.24) is 15.3 Å². The smallest absolute Gasteiger partial charge is 0.245 e. The highest BCUT2D eigenvalue weighted by molar-refractivity contribution is 7.16. The van der Waals surface area contributed by atoms with Crippen LogP contribution < -0.4 is 16.0 Å². The van der Waals surface area contributed by atoms with Crippen LogP contribution in [0.2, 0.25) is 0 Å². The number of anilines is 2. The van der Waals surface area contributed by atoms with E-state index in [2.05, 4.69) is 27.8 Å². The molecule has 1 saturated heterocycles. The van der Waals surface area contributed by atoms with Gasteiger partial charge in [0.1, 0.15) is 16.5 Å². The molecule has 9 heteroatoms. The number of fused-ring (bicyclic) bond motifs is 2. The zero-order valence-corrected chi connectivity index (χ0v) is 20.0. The molecule has 3 aliphatic rings. The van der Waals surface area contributed by atoms with Crippen molar-refractivity contribution >= 4 is 28.0 Å². The molecule has 3 heterocycles. The number of aryl methyl sites for hydroxylation is 1. The second-order valence-electron chi connectivity index (χ2n) is 9.21. The third-order valence-electron chi connectivity index (χ3n) is 7.43. The van der Waals surface area contributed by atoms with Gasteiger partial charge in [-0.3, -0.25) is 5.41 Å². The first-order chi connectivity index (χ1) is 16.5. The number of allylic oxidation sites excluding steroid dienone is 2. The fraction of sp³-hybridized carbons (Fsp3) is 0.440. The second-order valence-corrected chi connectivity index (χ2v) is 10.3. The van der Waals surface area contributed by atoms with E-state index in [1.807, 2.05) is 6.08 Å². The highest BCUT2D eigenvalue weighted by Crippen LogP contribution is 2.54. The van der Waals surface area contributed by atoms with Crippen LogP contribution in [0.25, 0.3) is 0 Å². The molecule has 2 aliphatic carbocycles. The number of thiophene rings is 1. The number of aromatic nitrogens is 2. The zero-order chi connectivity index (χ0) is 23.9. The Hall–Kier alpha value is -3.22. The zero-order valence-electron chi connectivity index (χ0n) is 19.2. The van der Waals surface area contributed by atoms with Gasteiger partial charge in [-0.2, -0.15) is 5.26 Å². The van der Waals surface area contributed by atoms with Gasteiger partial charge in [0.25, 0.3) is 0 Å². The molecule has 176 valence electrons. The summed E-state index contributed by atoms with van der Waals surface area (Å²) in [7, 11) is 0. The van der Waals surface area contributed by atoms with Crippen molar-refractivity contribution in [3.05, 3.63) is 57.9 Å². The van der Waals surface area contributed by atoms with Gasteiger partial charge in [-0.1, -0.05) is 6.08 Å². The predicted octanol–water partition coefficient (Wildman–Crippen LogP) is 2.76. The molecule has 0 radical (unpaired) electrons. The fourth-order valence-corrected chi connectivity index (χ4v) is 6.95. The lowest BCUT2D eigenvalue weighted by molar-refractivity contribution is 0.232. The van der Waals surface area contributed by atoms with Crippen molar-refractivity contribution in [2.75, 3.05) is 30.3 Å². The van der Waals surface area contributed by atoms with Crippen LogP contribution in [-0.4, -0.2) is 46.5 Å². The average molecular weight is 477 g/mol. The molecule has 2 aromatic rings. The number of nitrogen functional groups attached to an aromatic ring is 1. The van der Waals surface area contributed by atoms with E-state index in [0.717, 1.165) is 67.8 Å². The largest absolute Gasteiger partial charge is 0.596 e. The summed E-state index contributed by atoms with van der Waals surface area (Å²) in [6.45, 7) is 6.33. The van der Waals surface area contributed by atoms with E-state index in [-0.39, 0.29) is 11.8 Å². The van der Waals surface area contributed by atoms with Crippen molar-refractivity contribution in [1.29, 1.82) is 10.7 Å². The average Bonchev–Trinajstić information content (AvgIpc) is 3.21. The summed E-state index contributed by atoms with van der Waals surface area (Å²) in [5.74, 6) is 1.05. The van der Waals surface area contributed by atoms with E-state index in [0.29, 0.717) is 34.4 Å². The maximum Gasteiger partial charge on any atom is 0.245 e. The molecule has 5 rings (SSSR count). The van der Waals surface area contributed by atoms with Gasteiger partial charge in [0.2, 0.25) is 11.7 Å². The predicted molar refractivity (Wildman–Crippen MR) is 136 cm³/mol. The lowest BCUT2D eigenvalue weighted by Gasteiger charge is -2.38. The SMILES string of the molecule is C=C[C@H]1CNCCN1c1nccc(C(=N)C2=C([OH2+])[C@@]3(CCC2)CCCc2sc(N)c(C#N)c23)n1. The number of hydrogen-bond donors (Lipinski definition) is 3. The molecule has 0 saturated carbocycles. The molecule has 1 fully saturated rings. The van der Waals surface area contributed by atoms with Crippen LogP contribution in [0.5, 0.6) is 0 Å². The molecule has 0 unspecified atom stereocenters. The van der Waals surface area contributed by atoms with Crippen molar-refractivity contribution in [3.63, 3.8) is 0 Å². The lowest BCUT2D eigenvalue weighted by Crippen LogP contribution is -2.51. The molecule has 34 heavy (non-hydrogen) atoms. The van der Waals surface area contributed by atoms with Gasteiger partial charge in [-0.25, -0.2) is 9.97 Å². The van der Waals surface area contributed by atoms with Gasteiger partial charge in [-0.05, 0) is 44.6 Å². The minimum atomic E-state index is -0.533. The summed E-state index contributed by atoms with van der Waals surface area (Å²) >= 11 is 1.49. The molecule has 0 bridgehead atoms. The Morgan fingerprint density at radius 2 is 2.21 bits per heavy atom. The molecule has 0 amide bonds. The number of hydrogen-bond acceptors (Lipinski definition) is 8. The maximum atomic E-state index is 9.84. The van der Waals surface area contributed by atoms with E-state index in [9.17, 15) is 10.4 Å².